The van der Waals surface area contributed by atoms with Gasteiger partial charge in [0.1, 0.15) is 0 Å². The number of benzene rings is 2. The van der Waals surface area contributed by atoms with Gasteiger partial charge in [0.15, 0.2) is 0 Å². The van der Waals surface area contributed by atoms with Crippen molar-refractivity contribution in [2.75, 3.05) is 0 Å². The zero-order chi connectivity index (χ0) is 11.9. The van der Waals surface area contributed by atoms with E-state index in [0.29, 0.717) is 0 Å². The first kappa shape index (κ1) is 10.6. The van der Waals surface area contributed by atoms with Crippen LogP contribution in [-0.2, 0) is 0 Å². The Morgan fingerprint density at radius 1 is 0.833 bits per heavy atom. The minimum absolute atomic E-state index is 0.798. The summed E-state index contributed by atoms with van der Waals surface area (Å²) in [4.78, 5) is 0. The first-order chi connectivity index (χ1) is 8.93. The van der Waals surface area contributed by atoms with Gasteiger partial charge in [0.25, 0.3) is 0 Å². The molecule has 2 aromatic carbocycles. The van der Waals surface area contributed by atoms with E-state index >= 15 is 0 Å². The highest BCUT2D eigenvalue weighted by Gasteiger charge is 2.20. The van der Waals surface area contributed by atoms with Crippen LogP contribution in [0, 0.1) is 0 Å². The van der Waals surface area contributed by atoms with Gasteiger partial charge in [-0.25, -0.2) is 0 Å². The average molecular weight is 252 g/mol. The van der Waals surface area contributed by atoms with Crippen molar-refractivity contribution in [3.63, 3.8) is 0 Å². The smallest absolute Gasteiger partial charge is 0.0358 e. The van der Waals surface area contributed by atoms with Crippen molar-refractivity contribution in [1.82, 2.24) is 0 Å². The second-order valence-electron chi connectivity index (χ2n) is 5.30. The van der Waals surface area contributed by atoms with Gasteiger partial charge >= 0.3 is 0 Å². The van der Waals surface area contributed by atoms with E-state index in [0.717, 1.165) is 5.92 Å². The Balaban J connectivity index is 2.06. The summed E-state index contributed by atoms with van der Waals surface area (Å²) in [7, 11) is 0. The van der Waals surface area contributed by atoms with Gasteiger partial charge in [0.2, 0.25) is 0 Å². The van der Waals surface area contributed by atoms with Crippen LogP contribution in [0.5, 0.6) is 0 Å². The molecule has 0 unspecified atom stereocenters. The number of thiophene rings is 1. The zero-order valence-corrected chi connectivity index (χ0v) is 11.2. The molecule has 1 heteroatoms. The lowest BCUT2D eigenvalue weighted by atomic mass is 9.93. The second kappa shape index (κ2) is 4.10. The summed E-state index contributed by atoms with van der Waals surface area (Å²) in [6.45, 7) is 0. The maximum atomic E-state index is 2.36. The van der Waals surface area contributed by atoms with Gasteiger partial charge in [0, 0.05) is 20.2 Å². The normalized spacial score (nSPS) is 16.9. The van der Waals surface area contributed by atoms with Crippen LogP contribution >= 0.6 is 11.3 Å². The quantitative estimate of drug-likeness (QED) is 0.520. The highest BCUT2D eigenvalue weighted by Crippen LogP contribution is 2.42. The van der Waals surface area contributed by atoms with Crippen molar-refractivity contribution in [3.8, 4) is 0 Å². The minimum atomic E-state index is 0.798. The average Bonchev–Trinajstić information content (AvgIpc) is 3.05. The Morgan fingerprint density at radius 2 is 1.61 bits per heavy atom. The molecule has 0 atom stereocenters. The third kappa shape index (κ3) is 1.50. The maximum Gasteiger partial charge on any atom is 0.0358 e. The Hall–Kier alpha value is -1.34. The van der Waals surface area contributed by atoms with E-state index in [1.807, 2.05) is 11.3 Å². The SMILES string of the molecule is c1ccc2c(c1)sc1cccc(C3CCCC3)c12. The number of rotatable bonds is 1. The third-order valence-corrected chi connectivity index (χ3v) is 5.37. The molecule has 3 aromatic rings. The molecule has 0 amide bonds. The Labute approximate surface area is 111 Å². The molecular formula is C17H16S. The second-order valence-corrected chi connectivity index (χ2v) is 6.38. The van der Waals surface area contributed by atoms with Crippen molar-refractivity contribution in [2.24, 2.45) is 0 Å². The largest absolute Gasteiger partial charge is 0.135 e. The number of hydrogen-bond acceptors (Lipinski definition) is 1. The number of hydrogen-bond donors (Lipinski definition) is 0. The van der Waals surface area contributed by atoms with Crippen LogP contribution in [-0.4, -0.2) is 0 Å². The maximum absolute atomic E-state index is 2.36. The molecule has 1 fully saturated rings. The molecule has 18 heavy (non-hydrogen) atoms. The van der Waals surface area contributed by atoms with E-state index in [4.69, 9.17) is 0 Å². The molecule has 0 N–H and O–H groups in total. The fourth-order valence-corrected chi connectivity index (χ4v) is 4.52. The molecular weight excluding hydrogens is 236 g/mol. The first-order valence-corrected chi connectivity index (χ1v) is 7.65. The molecule has 0 radical (unpaired) electrons. The Kier molecular flexibility index (Phi) is 2.41. The highest BCUT2D eigenvalue weighted by atomic mass is 32.1. The van der Waals surface area contributed by atoms with Crippen LogP contribution in [0.4, 0.5) is 0 Å². The third-order valence-electron chi connectivity index (χ3n) is 4.23. The molecule has 1 aromatic heterocycles. The summed E-state index contributed by atoms with van der Waals surface area (Å²) in [6, 6.07) is 15.7. The van der Waals surface area contributed by atoms with Crippen LogP contribution in [0.25, 0.3) is 20.2 Å². The first-order valence-electron chi connectivity index (χ1n) is 6.83. The summed E-state index contributed by atoms with van der Waals surface area (Å²) in [5.74, 6) is 0.798. The van der Waals surface area contributed by atoms with Crippen molar-refractivity contribution in [1.29, 1.82) is 0 Å². The van der Waals surface area contributed by atoms with Crippen LogP contribution in [0.1, 0.15) is 37.2 Å². The molecule has 0 aliphatic heterocycles. The van der Waals surface area contributed by atoms with Crippen molar-refractivity contribution in [3.05, 3.63) is 48.0 Å². The van der Waals surface area contributed by atoms with Gasteiger partial charge in [0.05, 0.1) is 0 Å². The molecule has 0 saturated heterocycles. The lowest BCUT2D eigenvalue weighted by Crippen LogP contribution is -1.92. The van der Waals surface area contributed by atoms with Gasteiger partial charge in [-0.05, 0) is 36.5 Å². The molecule has 1 aliphatic carbocycles. The van der Waals surface area contributed by atoms with E-state index in [2.05, 4.69) is 42.5 Å². The topological polar surface area (TPSA) is 0 Å². The van der Waals surface area contributed by atoms with Crippen LogP contribution in [0.3, 0.4) is 0 Å². The molecule has 1 aliphatic rings. The molecule has 90 valence electrons. The van der Waals surface area contributed by atoms with Crippen molar-refractivity contribution < 1.29 is 0 Å². The molecule has 0 nitrogen and oxygen atoms in total. The van der Waals surface area contributed by atoms with E-state index < -0.39 is 0 Å². The molecule has 0 spiro atoms. The number of fused-ring (bicyclic) bond motifs is 3. The van der Waals surface area contributed by atoms with Gasteiger partial charge in [-0.1, -0.05) is 43.2 Å². The van der Waals surface area contributed by atoms with Gasteiger partial charge in [-0.3, -0.25) is 0 Å². The predicted octanol–water partition coefficient (Wildman–Crippen LogP) is 5.71. The lowest BCUT2D eigenvalue weighted by Gasteiger charge is -2.11. The Morgan fingerprint density at radius 3 is 2.50 bits per heavy atom. The van der Waals surface area contributed by atoms with Crippen LogP contribution in [0.15, 0.2) is 42.5 Å². The minimum Gasteiger partial charge on any atom is -0.135 e. The van der Waals surface area contributed by atoms with Crippen molar-refractivity contribution >= 4 is 31.5 Å². The van der Waals surface area contributed by atoms with Gasteiger partial charge in [-0.15, -0.1) is 11.3 Å². The predicted molar refractivity (Wildman–Crippen MR) is 80.5 cm³/mol. The summed E-state index contributed by atoms with van der Waals surface area (Å²) in [5, 5.41) is 2.99. The summed E-state index contributed by atoms with van der Waals surface area (Å²) >= 11 is 1.93. The molecule has 1 saturated carbocycles. The van der Waals surface area contributed by atoms with E-state index in [1.165, 1.54) is 45.9 Å². The van der Waals surface area contributed by atoms with Gasteiger partial charge in [-0.2, -0.15) is 0 Å². The standard InChI is InChI=1S/C17H16S/c1-2-7-12(6-1)13-9-5-11-16-17(13)14-8-3-4-10-15(14)18-16/h3-5,8-12H,1-2,6-7H2. The molecule has 1 heterocycles. The summed E-state index contributed by atoms with van der Waals surface area (Å²) in [6.07, 6.45) is 5.57. The van der Waals surface area contributed by atoms with Crippen LogP contribution < -0.4 is 0 Å². The van der Waals surface area contributed by atoms with Crippen LogP contribution in [0.2, 0.25) is 0 Å². The molecule has 4 rings (SSSR count). The lowest BCUT2D eigenvalue weighted by molar-refractivity contribution is 0.730. The van der Waals surface area contributed by atoms with E-state index in [9.17, 15) is 0 Å². The fourth-order valence-electron chi connectivity index (χ4n) is 3.38. The fraction of sp³-hybridized carbons (Fsp3) is 0.294. The summed E-state index contributed by atoms with van der Waals surface area (Å²) in [5.41, 5.74) is 1.60. The van der Waals surface area contributed by atoms with Crippen molar-refractivity contribution in [2.45, 2.75) is 31.6 Å². The van der Waals surface area contributed by atoms with E-state index in [-0.39, 0.29) is 0 Å². The Bertz CT molecular complexity index is 702. The van der Waals surface area contributed by atoms with Gasteiger partial charge < -0.3 is 0 Å². The summed E-state index contributed by atoms with van der Waals surface area (Å²) < 4.78 is 2.89. The molecule has 0 bridgehead atoms. The van der Waals surface area contributed by atoms with E-state index in [1.54, 1.807) is 5.56 Å². The zero-order valence-electron chi connectivity index (χ0n) is 10.4. The highest BCUT2D eigenvalue weighted by molar-refractivity contribution is 7.25. The monoisotopic (exact) mass is 252 g/mol.